The summed E-state index contributed by atoms with van der Waals surface area (Å²) in [4.78, 5) is 0. The number of rotatable bonds is 1. The Morgan fingerprint density at radius 2 is 2.27 bits per heavy atom. The topological polar surface area (TPSA) is 29.3 Å². The van der Waals surface area contributed by atoms with Crippen molar-refractivity contribution in [2.45, 2.75) is 33.6 Å². The first-order chi connectivity index (χ1) is 5.08. The van der Waals surface area contributed by atoms with Gasteiger partial charge in [-0.05, 0) is 24.2 Å². The fourth-order valence-electron chi connectivity index (χ4n) is 1.87. The third-order valence-corrected chi connectivity index (χ3v) is 3.41. The summed E-state index contributed by atoms with van der Waals surface area (Å²) in [5.41, 5.74) is 0.451. The van der Waals surface area contributed by atoms with Crippen molar-refractivity contribution >= 4 is 0 Å². The summed E-state index contributed by atoms with van der Waals surface area (Å²) >= 11 is 0. The Morgan fingerprint density at radius 1 is 1.64 bits per heavy atom. The highest BCUT2D eigenvalue weighted by molar-refractivity contribution is 4.85. The molecule has 0 aromatic rings. The van der Waals surface area contributed by atoms with E-state index in [2.05, 4.69) is 20.8 Å². The number of piperidine rings is 1. The second-order valence-corrected chi connectivity index (χ2v) is 4.17. The van der Waals surface area contributed by atoms with Gasteiger partial charge in [-0.25, -0.2) is 5.01 Å². The summed E-state index contributed by atoms with van der Waals surface area (Å²) in [5, 5.41) is 1.96. The number of nitrogens with two attached hydrogens (primary N) is 1. The lowest BCUT2D eigenvalue weighted by Gasteiger charge is -2.43. The average Bonchev–Trinajstić information content (AvgIpc) is 1.98. The zero-order chi connectivity index (χ0) is 8.48. The number of hydrogen-bond donors (Lipinski definition) is 1. The smallest absolute Gasteiger partial charge is 0.0185 e. The van der Waals surface area contributed by atoms with E-state index in [9.17, 15) is 0 Å². The van der Waals surface area contributed by atoms with Gasteiger partial charge in [0.25, 0.3) is 0 Å². The van der Waals surface area contributed by atoms with Crippen LogP contribution in [0.1, 0.15) is 33.6 Å². The van der Waals surface area contributed by atoms with E-state index in [0.717, 1.165) is 19.0 Å². The summed E-state index contributed by atoms with van der Waals surface area (Å²) in [5.74, 6) is 6.61. The Balaban J connectivity index is 2.60. The van der Waals surface area contributed by atoms with E-state index in [0.29, 0.717) is 5.41 Å². The third kappa shape index (κ3) is 1.74. The van der Waals surface area contributed by atoms with Crippen LogP contribution in [0.3, 0.4) is 0 Å². The van der Waals surface area contributed by atoms with Gasteiger partial charge in [0.2, 0.25) is 0 Å². The van der Waals surface area contributed by atoms with Crippen molar-refractivity contribution in [2.75, 3.05) is 13.1 Å². The predicted molar refractivity (Wildman–Crippen MR) is 47.9 cm³/mol. The molecule has 2 unspecified atom stereocenters. The Bertz CT molecular complexity index is 136. The standard InChI is InChI=1S/C9H20N2/c1-4-9(3)7-11(10)6-5-8(9)2/h8H,4-7,10H2,1-3H3. The van der Waals surface area contributed by atoms with Crippen molar-refractivity contribution in [1.29, 1.82) is 0 Å². The minimum atomic E-state index is 0.451. The fourth-order valence-corrected chi connectivity index (χ4v) is 1.87. The van der Waals surface area contributed by atoms with Crippen molar-refractivity contribution < 1.29 is 0 Å². The minimum Gasteiger partial charge on any atom is -0.269 e. The van der Waals surface area contributed by atoms with E-state index < -0.39 is 0 Å². The summed E-state index contributed by atoms with van der Waals surface area (Å²) in [6.45, 7) is 9.07. The summed E-state index contributed by atoms with van der Waals surface area (Å²) in [6, 6.07) is 0. The molecule has 2 nitrogen and oxygen atoms in total. The van der Waals surface area contributed by atoms with Crippen LogP contribution in [0, 0.1) is 11.3 Å². The van der Waals surface area contributed by atoms with Crippen LogP contribution < -0.4 is 5.84 Å². The Labute approximate surface area is 69.7 Å². The van der Waals surface area contributed by atoms with Gasteiger partial charge < -0.3 is 0 Å². The van der Waals surface area contributed by atoms with Crippen molar-refractivity contribution in [3.05, 3.63) is 0 Å². The van der Waals surface area contributed by atoms with Crippen molar-refractivity contribution in [2.24, 2.45) is 17.2 Å². The fraction of sp³-hybridized carbons (Fsp3) is 1.00. The molecule has 2 heteroatoms. The lowest BCUT2D eigenvalue weighted by molar-refractivity contribution is 0.0467. The Hall–Kier alpha value is -0.0800. The SMILES string of the molecule is CCC1(C)CN(N)CCC1C. The number of hydrogen-bond acceptors (Lipinski definition) is 2. The van der Waals surface area contributed by atoms with Gasteiger partial charge in [0, 0.05) is 13.1 Å². The zero-order valence-corrected chi connectivity index (χ0v) is 7.93. The van der Waals surface area contributed by atoms with Crippen LogP contribution in [0.25, 0.3) is 0 Å². The molecular weight excluding hydrogens is 136 g/mol. The lowest BCUT2D eigenvalue weighted by atomic mass is 9.72. The van der Waals surface area contributed by atoms with E-state index in [1.807, 2.05) is 5.01 Å². The van der Waals surface area contributed by atoms with Crippen LogP contribution in [0.2, 0.25) is 0 Å². The van der Waals surface area contributed by atoms with E-state index in [1.54, 1.807) is 0 Å². The summed E-state index contributed by atoms with van der Waals surface area (Å²) in [6.07, 6.45) is 2.49. The summed E-state index contributed by atoms with van der Waals surface area (Å²) < 4.78 is 0. The molecule has 11 heavy (non-hydrogen) atoms. The maximum absolute atomic E-state index is 5.78. The van der Waals surface area contributed by atoms with E-state index >= 15 is 0 Å². The highest BCUT2D eigenvalue weighted by Gasteiger charge is 2.34. The van der Waals surface area contributed by atoms with E-state index in [1.165, 1.54) is 12.8 Å². The van der Waals surface area contributed by atoms with Crippen molar-refractivity contribution in [3.63, 3.8) is 0 Å². The van der Waals surface area contributed by atoms with Gasteiger partial charge in [-0.3, -0.25) is 5.84 Å². The molecular formula is C9H20N2. The molecule has 2 atom stereocenters. The first kappa shape index (κ1) is 9.01. The van der Waals surface area contributed by atoms with Crippen LogP contribution in [0.4, 0.5) is 0 Å². The Morgan fingerprint density at radius 3 is 2.73 bits per heavy atom. The van der Waals surface area contributed by atoms with Crippen molar-refractivity contribution in [3.8, 4) is 0 Å². The average molecular weight is 156 g/mol. The molecule has 2 N–H and O–H groups in total. The van der Waals surface area contributed by atoms with Crippen LogP contribution in [-0.4, -0.2) is 18.1 Å². The number of nitrogens with zero attached hydrogens (tertiary/aromatic N) is 1. The molecule has 0 bridgehead atoms. The quantitative estimate of drug-likeness (QED) is 0.584. The summed E-state index contributed by atoms with van der Waals surface area (Å²) in [7, 11) is 0. The van der Waals surface area contributed by atoms with Gasteiger partial charge in [-0.1, -0.05) is 20.8 Å². The van der Waals surface area contributed by atoms with Gasteiger partial charge in [0.1, 0.15) is 0 Å². The van der Waals surface area contributed by atoms with E-state index in [-0.39, 0.29) is 0 Å². The normalized spacial score (nSPS) is 40.9. The van der Waals surface area contributed by atoms with Gasteiger partial charge in [-0.15, -0.1) is 0 Å². The second-order valence-electron chi connectivity index (χ2n) is 4.17. The van der Waals surface area contributed by atoms with Gasteiger partial charge in [-0.2, -0.15) is 0 Å². The van der Waals surface area contributed by atoms with Crippen molar-refractivity contribution in [1.82, 2.24) is 5.01 Å². The maximum Gasteiger partial charge on any atom is 0.0185 e. The third-order valence-electron chi connectivity index (χ3n) is 3.41. The van der Waals surface area contributed by atoms with Gasteiger partial charge in [0.15, 0.2) is 0 Å². The first-order valence-corrected chi connectivity index (χ1v) is 4.58. The molecule has 1 rings (SSSR count). The lowest BCUT2D eigenvalue weighted by Crippen LogP contribution is -2.49. The largest absolute Gasteiger partial charge is 0.269 e. The minimum absolute atomic E-state index is 0.451. The van der Waals surface area contributed by atoms with E-state index in [4.69, 9.17) is 5.84 Å². The highest BCUT2D eigenvalue weighted by atomic mass is 15.4. The van der Waals surface area contributed by atoms with Gasteiger partial charge >= 0.3 is 0 Å². The van der Waals surface area contributed by atoms with Crippen LogP contribution >= 0.6 is 0 Å². The van der Waals surface area contributed by atoms with Crippen LogP contribution in [0.5, 0.6) is 0 Å². The zero-order valence-electron chi connectivity index (χ0n) is 7.93. The molecule has 0 spiro atoms. The molecule has 0 saturated carbocycles. The first-order valence-electron chi connectivity index (χ1n) is 4.58. The molecule has 1 saturated heterocycles. The molecule has 1 fully saturated rings. The number of hydrazine groups is 1. The molecule has 1 heterocycles. The second kappa shape index (κ2) is 3.11. The van der Waals surface area contributed by atoms with Crippen LogP contribution in [0.15, 0.2) is 0 Å². The maximum atomic E-state index is 5.78. The molecule has 66 valence electrons. The molecule has 0 aromatic heterocycles. The molecule has 0 radical (unpaired) electrons. The predicted octanol–water partition coefficient (Wildman–Crippen LogP) is 1.62. The molecule has 1 aliphatic heterocycles. The molecule has 0 aromatic carbocycles. The Kier molecular flexibility index (Phi) is 2.55. The molecule has 0 aliphatic carbocycles. The molecule has 0 amide bonds. The molecule has 1 aliphatic rings. The highest BCUT2D eigenvalue weighted by Crippen LogP contribution is 2.36. The van der Waals surface area contributed by atoms with Gasteiger partial charge in [0.05, 0.1) is 0 Å². The van der Waals surface area contributed by atoms with Crippen LogP contribution in [-0.2, 0) is 0 Å². The monoisotopic (exact) mass is 156 g/mol.